The third kappa shape index (κ3) is 4.67. The van der Waals surface area contributed by atoms with Crippen molar-refractivity contribution in [1.82, 2.24) is 0 Å². The summed E-state index contributed by atoms with van der Waals surface area (Å²) in [5.41, 5.74) is -6.05. The summed E-state index contributed by atoms with van der Waals surface area (Å²) < 4.78 is 16.0. The smallest absolute Gasteiger partial charge is 0.338 e. The number of rotatable bonds is 8. The molecule has 0 radical (unpaired) electrons. The number of ketones is 2. The number of aliphatic hydroxyl groups is 2. The summed E-state index contributed by atoms with van der Waals surface area (Å²) in [6.07, 6.45) is -3.87. The number of benzene rings is 3. The largest absolute Gasteiger partial charge is 0.459 e. The van der Waals surface area contributed by atoms with Crippen molar-refractivity contribution in [2.45, 2.75) is 30.5 Å². The van der Waals surface area contributed by atoms with Gasteiger partial charge in [-0.15, -0.1) is 0 Å². The molecule has 9 heteroatoms. The van der Waals surface area contributed by atoms with Crippen LogP contribution in [0.15, 0.2) is 91.0 Å². The van der Waals surface area contributed by atoms with Gasteiger partial charge in [-0.3, -0.25) is 14.4 Å². The summed E-state index contributed by atoms with van der Waals surface area (Å²) in [5.74, 6) is -3.95. The Kier molecular flexibility index (Phi) is 7.30. The van der Waals surface area contributed by atoms with Gasteiger partial charge in [-0.05, 0) is 12.1 Å². The average molecular weight is 504 g/mol. The highest BCUT2D eigenvalue weighted by atomic mass is 16.7. The lowest BCUT2D eigenvalue weighted by atomic mass is 9.71. The Morgan fingerprint density at radius 3 is 1.62 bits per heavy atom. The Balaban J connectivity index is 1.80. The van der Waals surface area contributed by atoms with Crippen molar-refractivity contribution in [3.8, 4) is 0 Å². The van der Waals surface area contributed by atoms with Crippen molar-refractivity contribution in [2.24, 2.45) is 0 Å². The number of hydrogen-bond acceptors (Lipinski definition) is 9. The van der Waals surface area contributed by atoms with Gasteiger partial charge >= 0.3 is 11.9 Å². The van der Waals surface area contributed by atoms with Crippen LogP contribution in [0.5, 0.6) is 0 Å². The normalized spacial score (nSPS) is 24.7. The van der Waals surface area contributed by atoms with Gasteiger partial charge in [0.25, 0.3) is 0 Å². The summed E-state index contributed by atoms with van der Waals surface area (Å²) in [6.45, 7) is 0.266. The van der Waals surface area contributed by atoms with E-state index in [0.717, 1.165) is 6.92 Å². The van der Waals surface area contributed by atoms with E-state index in [9.17, 15) is 29.4 Å². The van der Waals surface area contributed by atoms with E-state index in [-0.39, 0.29) is 16.7 Å². The molecule has 0 bridgehead atoms. The molecular formula is C28H24O9. The maximum absolute atomic E-state index is 13.8. The highest BCUT2D eigenvalue weighted by Crippen LogP contribution is 2.45. The zero-order valence-electron chi connectivity index (χ0n) is 19.8. The molecule has 4 rings (SSSR count). The molecular weight excluding hydrogens is 480 g/mol. The third-order valence-corrected chi connectivity index (χ3v) is 6.09. The Morgan fingerprint density at radius 1 is 0.730 bits per heavy atom. The molecule has 3 aromatic rings. The minimum absolute atomic E-state index is 0.0595. The SMILES string of the molecule is CC(=O)OC1O[C@@H](COC(=O)c2ccccc2)[C@@](O)(C(=O)c2ccccc2)[C@@]1(O)C(=O)c1ccccc1. The van der Waals surface area contributed by atoms with Crippen LogP contribution in [0, 0.1) is 0 Å². The first kappa shape index (κ1) is 25.9. The van der Waals surface area contributed by atoms with E-state index in [4.69, 9.17) is 14.2 Å². The van der Waals surface area contributed by atoms with Crippen LogP contribution in [0.2, 0.25) is 0 Å². The van der Waals surface area contributed by atoms with Crippen molar-refractivity contribution >= 4 is 23.5 Å². The van der Waals surface area contributed by atoms with Gasteiger partial charge in [0.1, 0.15) is 12.7 Å². The first-order chi connectivity index (χ1) is 17.7. The highest BCUT2D eigenvalue weighted by Gasteiger charge is 2.75. The molecule has 0 amide bonds. The van der Waals surface area contributed by atoms with Crippen LogP contribution >= 0.6 is 0 Å². The minimum Gasteiger partial charge on any atom is -0.459 e. The first-order valence-electron chi connectivity index (χ1n) is 11.4. The molecule has 0 spiro atoms. The summed E-state index contributed by atoms with van der Waals surface area (Å²) in [5, 5.41) is 23.8. The summed E-state index contributed by atoms with van der Waals surface area (Å²) >= 11 is 0. The summed E-state index contributed by atoms with van der Waals surface area (Å²) in [7, 11) is 0. The zero-order valence-corrected chi connectivity index (χ0v) is 19.8. The molecule has 2 N–H and O–H groups in total. The molecule has 1 unspecified atom stereocenters. The molecule has 1 aliphatic heterocycles. The van der Waals surface area contributed by atoms with Crippen molar-refractivity contribution < 1.29 is 43.6 Å². The van der Waals surface area contributed by atoms with Gasteiger partial charge in [0, 0.05) is 18.1 Å². The molecule has 1 saturated heterocycles. The number of hydrogen-bond donors (Lipinski definition) is 2. The Labute approximate surface area is 212 Å². The molecule has 37 heavy (non-hydrogen) atoms. The second-order valence-electron chi connectivity index (χ2n) is 8.45. The van der Waals surface area contributed by atoms with E-state index in [1.54, 1.807) is 30.3 Å². The fraction of sp³-hybridized carbons (Fsp3) is 0.214. The zero-order chi connectivity index (χ0) is 26.6. The van der Waals surface area contributed by atoms with Crippen LogP contribution in [0.4, 0.5) is 0 Å². The fourth-order valence-corrected chi connectivity index (χ4v) is 4.22. The molecule has 0 saturated carbocycles. The number of carbonyl (C=O) groups is 4. The van der Waals surface area contributed by atoms with Gasteiger partial charge in [0.2, 0.25) is 23.5 Å². The van der Waals surface area contributed by atoms with Crippen LogP contribution in [-0.4, -0.2) is 63.9 Å². The van der Waals surface area contributed by atoms with Crippen LogP contribution in [0.25, 0.3) is 0 Å². The van der Waals surface area contributed by atoms with Gasteiger partial charge in [0.05, 0.1) is 5.56 Å². The van der Waals surface area contributed by atoms with E-state index in [0.29, 0.717) is 0 Å². The predicted molar refractivity (Wildman–Crippen MR) is 129 cm³/mol. The monoisotopic (exact) mass is 504 g/mol. The topological polar surface area (TPSA) is 136 Å². The van der Waals surface area contributed by atoms with Crippen molar-refractivity contribution in [2.75, 3.05) is 6.61 Å². The van der Waals surface area contributed by atoms with Gasteiger partial charge < -0.3 is 24.4 Å². The highest BCUT2D eigenvalue weighted by molar-refractivity contribution is 6.13. The molecule has 3 aromatic carbocycles. The second-order valence-corrected chi connectivity index (χ2v) is 8.45. The van der Waals surface area contributed by atoms with E-state index < -0.39 is 53.7 Å². The van der Waals surface area contributed by atoms with Gasteiger partial charge in [-0.1, -0.05) is 78.9 Å². The number of esters is 2. The number of carbonyl (C=O) groups excluding carboxylic acids is 4. The summed E-state index contributed by atoms with van der Waals surface area (Å²) in [6, 6.07) is 22.8. The van der Waals surface area contributed by atoms with E-state index in [1.807, 2.05) is 0 Å². The van der Waals surface area contributed by atoms with Gasteiger partial charge in [0.15, 0.2) is 5.60 Å². The van der Waals surface area contributed by atoms with Crippen LogP contribution in [-0.2, 0) is 19.0 Å². The lowest BCUT2D eigenvalue weighted by molar-refractivity contribution is -0.200. The number of Topliss-reactive ketones (excluding diaryl/α,β-unsaturated/α-hetero) is 2. The maximum atomic E-state index is 13.8. The average Bonchev–Trinajstić information content (AvgIpc) is 3.14. The van der Waals surface area contributed by atoms with E-state index in [2.05, 4.69) is 0 Å². The molecule has 0 aliphatic carbocycles. The molecule has 0 aromatic heterocycles. The van der Waals surface area contributed by atoms with Gasteiger partial charge in [-0.25, -0.2) is 4.79 Å². The maximum Gasteiger partial charge on any atom is 0.338 e. The van der Waals surface area contributed by atoms with Crippen molar-refractivity contribution in [3.05, 3.63) is 108 Å². The molecule has 4 atom stereocenters. The lowest BCUT2D eigenvalue weighted by Crippen LogP contribution is -2.68. The first-order valence-corrected chi connectivity index (χ1v) is 11.4. The predicted octanol–water partition coefficient (Wildman–Crippen LogP) is 2.36. The number of ether oxygens (including phenoxy) is 3. The fourth-order valence-electron chi connectivity index (χ4n) is 4.22. The summed E-state index contributed by atoms with van der Waals surface area (Å²) in [4.78, 5) is 51.9. The molecule has 9 nitrogen and oxygen atoms in total. The third-order valence-electron chi connectivity index (χ3n) is 6.09. The Morgan fingerprint density at radius 2 is 1.16 bits per heavy atom. The second kappa shape index (κ2) is 10.4. The van der Waals surface area contributed by atoms with E-state index >= 15 is 0 Å². The van der Waals surface area contributed by atoms with Gasteiger partial charge in [-0.2, -0.15) is 0 Å². The standard InChI is InChI=1S/C28H24O9/c1-18(29)36-26-28(34,24(31)20-13-7-3-8-14-20)27(33,23(30)19-11-5-2-6-12-19)22(37-26)17-35-25(32)21-15-9-4-10-16-21/h2-16,22,26,33-34H,17H2,1H3/t22-,26?,27+,28+/m0/s1. The minimum atomic E-state index is -3.09. The molecule has 190 valence electrons. The molecule has 1 fully saturated rings. The van der Waals surface area contributed by atoms with Crippen LogP contribution in [0.1, 0.15) is 38.0 Å². The molecule has 1 aliphatic rings. The van der Waals surface area contributed by atoms with Crippen LogP contribution < -0.4 is 0 Å². The van der Waals surface area contributed by atoms with Crippen LogP contribution in [0.3, 0.4) is 0 Å². The molecule has 1 heterocycles. The quantitative estimate of drug-likeness (QED) is 0.350. The Hall–Kier alpha value is -4.18. The van der Waals surface area contributed by atoms with Crippen molar-refractivity contribution in [3.63, 3.8) is 0 Å². The lowest BCUT2D eigenvalue weighted by Gasteiger charge is -2.37. The van der Waals surface area contributed by atoms with E-state index in [1.165, 1.54) is 60.7 Å². The van der Waals surface area contributed by atoms with Crippen molar-refractivity contribution in [1.29, 1.82) is 0 Å². The Bertz CT molecular complexity index is 1290.